The second-order valence-corrected chi connectivity index (χ2v) is 8.00. The maximum atomic E-state index is 12.6. The molecule has 2 heterocycles. The first-order valence-corrected chi connectivity index (χ1v) is 9.86. The number of hydrogen-bond acceptors (Lipinski definition) is 3. The summed E-state index contributed by atoms with van der Waals surface area (Å²) in [5, 5.41) is 0. The van der Waals surface area contributed by atoms with Crippen molar-refractivity contribution in [2.24, 2.45) is 5.92 Å². The largest absolute Gasteiger partial charge is 0.341 e. The summed E-state index contributed by atoms with van der Waals surface area (Å²) >= 11 is 0. The first kappa shape index (κ1) is 18.4. The lowest BCUT2D eigenvalue weighted by atomic mass is 10.00. The third kappa shape index (κ3) is 5.29. The second kappa shape index (κ2) is 8.81. The Hall–Kier alpha value is -1.39. The minimum Gasteiger partial charge on any atom is -0.341 e. The zero-order chi connectivity index (χ0) is 17.6. The van der Waals surface area contributed by atoms with Crippen molar-refractivity contribution < 1.29 is 4.79 Å². The highest BCUT2D eigenvalue weighted by Gasteiger charge is 2.26. The van der Waals surface area contributed by atoms with Gasteiger partial charge in [-0.25, -0.2) is 0 Å². The molecule has 0 aromatic heterocycles. The van der Waals surface area contributed by atoms with E-state index >= 15 is 0 Å². The van der Waals surface area contributed by atoms with E-state index in [2.05, 4.69) is 59.0 Å². The van der Waals surface area contributed by atoms with Crippen LogP contribution in [0.5, 0.6) is 0 Å². The Labute approximate surface area is 152 Å². The molecule has 1 aromatic carbocycles. The molecule has 0 spiro atoms. The average Bonchev–Trinajstić information content (AvgIpc) is 2.63. The van der Waals surface area contributed by atoms with Crippen molar-refractivity contribution in [3.8, 4) is 0 Å². The number of nitrogens with zero attached hydrogens (tertiary/aromatic N) is 3. The zero-order valence-corrected chi connectivity index (χ0v) is 15.9. The van der Waals surface area contributed by atoms with E-state index in [1.54, 1.807) is 0 Å². The molecule has 2 aliphatic rings. The van der Waals surface area contributed by atoms with Crippen molar-refractivity contribution in [3.05, 3.63) is 35.9 Å². The van der Waals surface area contributed by atoms with Crippen LogP contribution in [0.1, 0.15) is 38.2 Å². The van der Waals surface area contributed by atoms with Crippen LogP contribution in [0.25, 0.3) is 0 Å². The van der Waals surface area contributed by atoms with Gasteiger partial charge in [-0.3, -0.25) is 14.6 Å². The van der Waals surface area contributed by atoms with Crippen molar-refractivity contribution in [1.82, 2.24) is 14.7 Å². The number of hydrogen-bond donors (Lipinski definition) is 0. The van der Waals surface area contributed by atoms with Gasteiger partial charge < -0.3 is 4.90 Å². The van der Waals surface area contributed by atoms with Gasteiger partial charge in [-0.15, -0.1) is 0 Å². The predicted molar refractivity (Wildman–Crippen MR) is 102 cm³/mol. The number of benzene rings is 1. The number of piperidine rings is 2. The molecule has 1 amide bonds. The summed E-state index contributed by atoms with van der Waals surface area (Å²) in [6.07, 6.45) is 4.74. The fourth-order valence-corrected chi connectivity index (χ4v) is 4.22. The van der Waals surface area contributed by atoms with Crippen LogP contribution in [-0.2, 0) is 11.3 Å². The van der Waals surface area contributed by atoms with Crippen LogP contribution in [0.4, 0.5) is 0 Å². The van der Waals surface area contributed by atoms with E-state index in [0.29, 0.717) is 24.4 Å². The molecule has 25 heavy (non-hydrogen) atoms. The SMILES string of the molecule is C[C@H]1CCCN(C(=O)CN(C)C2CCN(Cc3ccccc3)CC2)C1. The van der Waals surface area contributed by atoms with Crippen molar-refractivity contribution in [2.45, 2.75) is 45.2 Å². The summed E-state index contributed by atoms with van der Waals surface area (Å²) in [6, 6.07) is 11.3. The Kier molecular flexibility index (Phi) is 6.49. The molecule has 138 valence electrons. The Bertz CT molecular complexity index is 539. The molecule has 0 aliphatic carbocycles. The quantitative estimate of drug-likeness (QED) is 0.822. The minimum atomic E-state index is 0.320. The standard InChI is InChI=1S/C21H33N3O/c1-18-7-6-12-24(15-18)21(25)17-22(2)20-10-13-23(14-11-20)16-19-8-4-3-5-9-19/h3-5,8-9,18,20H,6-7,10-17H2,1-2H3/t18-/m0/s1. The van der Waals surface area contributed by atoms with E-state index in [4.69, 9.17) is 0 Å². The first-order valence-electron chi connectivity index (χ1n) is 9.86. The predicted octanol–water partition coefficient (Wildman–Crippen LogP) is 2.84. The Balaban J connectivity index is 1.42. The molecule has 4 nitrogen and oxygen atoms in total. The summed E-state index contributed by atoms with van der Waals surface area (Å²) in [5.74, 6) is 0.977. The molecule has 0 saturated carbocycles. The summed E-state index contributed by atoms with van der Waals surface area (Å²) in [5.41, 5.74) is 1.39. The number of likely N-dealkylation sites (N-methyl/N-ethyl adjacent to an activating group) is 1. The molecular formula is C21H33N3O. The Morgan fingerprint density at radius 3 is 2.52 bits per heavy atom. The number of rotatable bonds is 5. The summed E-state index contributed by atoms with van der Waals surface area (Å²) < 4.78 is 0. The van der Waals surface area contributed by atoms with E-state index in [9.17, 15) is 4.79 Å². The first-order chi connectivity index (χ1) is 12.1. The van der Waals surface area contributed by atoms with Crippen LogP contribution in [-0.4, -0.2) is 66.4 Å². The third-order valence-electron chi connectivity index (χ3n) is 5.82. The Morgan fingerprint density at radius 1 is 1.12 bits per heavy atom. The molecule has 1 atom stereocenters. The van der Waals surface area contributed by atoms with Gasteiger partial charge in [0.15, 0.2) is 0 Å². The molecule has 4 heteroatoms. The van der Waals surface area contributed by atoms with E-state index < -0.39 is 0 Å². The molecule has 0 radical (unpaired) electrons. The van der Waals surface area contributed by atoms with Gasteiger partial charge in [0, 0.05) is 25.7 Å². The van der Waals surface area contributed by atoms with Crippen molar-refractivity contribution in [3.63, 3.8) is 0 Å². The summed E-state index contributed by atoms with van der Waals surface area (Å²) in [6.45, 7) is 8.02. The Morgan fingerprint density at radius 2 is 1.84 bits per heavy atom. The van der Waals surface area contributed by atoms with E-state index in [1.165, 1.54) is 12.0 Å². The van der Waals surface area contributed by atoms with Gasteiger partial charge in [-0.05, 0) is 57.3 Å². The van der Waals surface area contributed by atoms with Gasteiger partial charge in [0.25, 0.3) is 0 Å². The molecule has 2 aliphatic heterocycles. The fourth-order valence-electron chi connectivity index (χ4n) is 4.22. The molecule has 2 fully saturated rings. The molecule has 0 N–H and O–H groups in total. The van der Waals surface area contributed by atoms with Crippen molar-refractivity contribution in [1.29, 1.82) is 0 Å². The molecule has 3 rings (SSSR count). The zero-order valence-electron chi connectivity index (χ0n) is 15.9. The van der Waals surface area contributed by atoms with Gasteiger partial charge in [0.05, 0.1) is 6.54 Å². The van der Waals surface area contributed by atoms with Crippen LogP contribution in [0.2, 0.25) is 0 Å². The highest BCUT2D eigenvalue weighted by molar-refractivity contribution is 5.78. The minimum absolute atomic E-state index is 0.320. The van der Waals surface area contributed by atoms with Gasteiger partial charge >= 0.3 is 0 Å². The lowest BCUT2D eigenvalue weighted by Crippen LogP contribution is -2.48. The van der Waals surface area contributed by atoms with Crippen LogP contribution >= 0.6 is 0 Å². The highest BCUT2D eigenvalue weighted by atomic mass is 16.2. The molecule has 1 aromatic rings. The number of likely N-dealkylation sites (tertiary alicyclic amines) is 2. The van der Waals surface area contributed by atoms with E-state index in [-0.39, 0.29) is 0 Å². The molecular weight excluding hydrogens is 310 g/mol. The average molecular weight is 344 g/mol. The third-order valence-corrected chi connectivity index (χ3v) is 5.82. The van der Waals surface area contributed by atoms with Crippen molar-refractivity contribution in [2.75, 3.05) is 39.8 Å². The smallest absolute Gasteiger partial charge is 0.236 e. The molecule has 0 unspecified atom stereocenters. The molecule has 0 bridgehead atoms. The van der Waals surface area contributed by atoms with Crippen LogP contribution in [0.3, 0.4) is 0 Å². The van der Waals surface area contributed by atoms with Gasteiger partial charge in [-0.1, -0.05) is 37.3 Å². The van der Waals surface area contributed by atoms with Gasteiger partial charge in [-0.2, -0.15) is 0 Å². The maximum absolute atomic E-state index is 12.6. The monoisotopic (exact) mass is 343 g/mol. The second-order valence-electron chi connectivity index (χ2n) is 8.00. The van der Waals surface area contributed by atoms with Crippen LogP contribution in [0, 0.1) is 5.92 Å². The topological polar surface area (TPSA) is 26.8 Å². The lowest BCUT2D eigenvalue weighted by Gasteiger charge is -2.38. The molecule has 2 saturated heterocycles. The highest BCUT2D eigenvalue weighted by Crippen LogP contribution is 2.19. The van der Waals surface area contributed by atoms with Gasteiger partial charge in [0.1, 0.15) is 0 Å². The lowest BCUT2D eigenvalue weighted by molar-refractivity contribution is -0.134. The van der Waals surface area contributed by atoms with Crippen molar-refractivity contribution >= 4 is 5.91 Å². The maximum Gasteiger partial charge on any atom is 0.236 e. The number of carbonyl (C=O) groups is 1. The summed E-state index contributed by atoms with van der Waals surface area (Å²) in [7, 11) is 2.13. The van der Waals surface area contributed by atoms with Crippen LogP contribution < -0.4 is 0 Å². The number of carbonyl (C=O) groups excluding carboxylic acids is 1. The van der Waals surface area contributed by atoms with E-state index in [1.807, 2.05) is 0 Å². The number of amides is 1. The summed E-state index contributed by atoms with van der Waals surface area (Å²) in [4.78, 5) is 19.5. The van der Waals surface area contributed by atoms with Crippen LogP contribution in [0.15, 0.2) is 30.3 Å². The van der Waals surface area contributed by atoms with E-state index in [0.717, 1.165) is 52.0 Å². The normalized spacial score (nSPS) is 23.2. The fraction of sp³-hybridized carbons (Fsp3) is 0.667. The van der Waals surface area contributed by atoms with Gasteiger partial charge in [0.2, 0.25) is 5.91 Å².